The maximum Gasteiger partial charge on any atom is 0.413 e. The fraction of sp³-hybridized carbons (Fsp3) is 0.179. The van der Waals surface area contributed by atoms with Crippen LogP contribution in [-0.4, -0.2) is 26.9 Å². The second-order valence-corrected chi connectivity index (χ2v) is 8.95. The van der Waals surface area contributed by atoms with E-state index in [0.717, 1.165) is 22.3 Å². The molecule has 3 N–H and O–H groups in total. The molecular formula is C28H25N3O5. The van der Waals surface area contributed by atoms with Gasteiger partial charge >= 0.3 is 12.1 Å². The van der Waals surface area contributed by atoms with Crippen LogP contribution >= 0.6 is 0 Å². The third-order valence-corrected chi connectivity index (χ3v) is 6.61. The minimum Gasteiger partial charge on any atom is -0.481 e. The third kappa shape index (κ3) is 4.40. The first-order valence-electron chi connectivity index (χ1n) is 11.6. The molecule has 5 rings (SSSR count). The summed E-state index contributed by atoms with van der Waals surface area (Å²) in [6, 6.07) is 24.3. The summed E-state index contributed by atoms with van der Waals surface area (Å²) < 4.78 is 6.75. The molecule has 0 aliphatic heterocycles. The van der Waals surface area contributed by atoms with E-state index in [4.69, 9.17) is 4.74 Å². The number of benzene rings is 3. The smallest absolute Gasteiger partial charge is 0.413 e. The van der Waals surface area contributed by atoms with Gasteiger partial charge in [0.1, 0.15) is 12.4 Å². The fourth-order valence-corrected chi connectivity index (χ4v) is 4.37. The number of hydrogen-bond donors (Lipinski definition) is 3. The van der Waals surface area contributed by atoms with Crippen LogP contribution in [-0.2, 0) is 28.6 Å². The zero-order valence-corrected chi connectivity index (χ0v) is 19.7. The van der Waals surface area contributed by atoms with Crippen LogP contribution in [0.3, 0.4) is 0 Å². The quantitative estimate of drug-likeness (QED) is 0.346. The zero-order chi connectivity index (χ0) is 25.3. The Balaban J connectivity index is 1.33. The Hall–Kier alpha value is -4.59. The maximum absolute atomic E-state index is 12.7. The number of ether oxygens (including phenoxy) is 1. The molecule has 1 aromatic heterocycles. The number of carbonyl (C=O) groups excluding carboxylic acids is 1. The normalized spacial score (nSPS) is 13.7. The molecule has 0 atom stereocenters. The lowest BCUT2D eigenvalue weighted by Gasteiger charge is -2.12. The molecule has 0 unspecified atom stereocenters. The summed E-state index contributed by atoms with van der Waals surface area (Å²) in [6.07, 6.45) is 0.664. The molecule has 0 radical (unpaired) electrons. The van der Waals surface area contributed by atoms with E-state index < -0.39 is 17.5 Å². The van der Waals surface area contributed by atoms with Crippen molar-refractivity contribution in [2.24, 2.45) is 7.05 Å². The number of hydrogen-bond acceptors (Lipinski definition) is 4. The number of H-pyrrole nitrogens is 1. The lowest BCUT2D eigenvalue weighted by atomic mass is 9.93. The Labute approximate surface area is 207 Å². The Kier molecular flexibility index (Phi) is 5.93. The Morgan fingerprint density at radius 3 is 2.11 bits per heavy atom. The molecule has 1 saturated carbocycles. The van der Waals surface area contributed by atoms with Gasteiger partial charge in [-0.1, -0.05) is 78.9 Å². The molecule has 1 amide bonds. The largest absolute Gasteiger partial charge is 0.481 e. The van der Waals surface area contributed by atoms with Crippen molar-refractivity contribution >= 4 is 17.9 Å². The number of nitrogens with one attached hydrogen (secondary N) is 2. The average Bonchev–Trinajstić information content (AvgIpc) is 3.66. The maximum atomic E-state index is 12.7. The predicted octanol–water partition coefficient (Wildman–Crippen LogP) is 4.91. The van der Waals surface area contributed by atoms with Crippen molar-refractivity contribution in [2.75, 3.05) is 5.32 Å². The van der Waals surface area contributed by atoms with E-state index in [0.29, 0.717) is 29.8 Å². The van der Waals surface area contributed by atoms with Crippen LogP contribution in [0.25, 0.3) is 22.3 Å². The lowest BCUT2D eigenvalue weighted by Crippen LogP contribution is -2.19. The van der Waals surface area contributed by atoms with Crippen molar-refractivity contribution in [3.63, 3.8) is 0 Å². The molecule has 0 bridgehead atoms. The van der Waals surface area contributed by atoms with Crippen LogP contribution in [0.15, 0.2) is 83.7 Å². The van der Waals surface area contributed by atoms with Crippen molar-refractivity contribution < 1.29 is 19.4 Å². The number of rotatable bonds is 7. The van der Waals surface area contributed by atoms with Gasteiger partial charge in [-0.25, -0.2) is 4.79 Å². The minimum absolute atomic E-state index is 0.113. The molecule has 36 heavy (non-hydrogen) atoms. The summed E-state index contributed by atoms with van der Waals surface area (Å²) in [4.78, 5) is 36.6. The van der Waals surface area contributed by atoms with Gasteiger partial charge in [0.2, 0.25) is 0 Å². The fourth-order valence-electron chi connectivity index (χ4n) is 4.37. The van der Waals surface area contributed by atoms with Crippen LogP contribution in [0.4, 0.5) is 10.6 Å². The molecule has 1 fully saturated rings. The monoisotopic (exact) mass is 483 g/mol. The molecular weight excluding hydrogens is 458 g/mol. The van der Waals surface area contributed by atoms with E-state index in [2.05, 4.69) is 10.4 Å². The van der Waals surface area contributed by atoms with E-state index in [-0.39, 0.29) is 12.2 Å². The number of nitrogens with zero attached hydrogens (tertiary/aromatic N) is 1. The average molecular weight is 484 g/mol. The molecule has 1 aliphatic carbocycles. The number of carbonyl (C=O) groups is 2. The highest BCUT2D eigenvalue weighted by Crippen LogP contribution is 2.48. The highest BCUT2D eigenvalue weighted by atomic mass is 16.5. The van der Waals surface area contributed by atoms with Crippen molar-refractivity contribution in [2.45, 2.75) is 24.9 Å². The van der Waals surface area contributed by atoms with Gasteiger partial charge in [0.25, 0.3) is 5.56 Å². The summed E-state index contributed by atoms with van der Waals surface area (Å²) in [5.41, 5.74) is 3.44. The number of amides is 1. The van der Waals surface area contributed by atoms with Crippen LogP contribution in [0.1, 0.15) is 24.0 Å². The van der Waals surface area contributed by atoms with Crippen molar-refractivity contribution in [1.29, 1.82) is 0 Å². The molecule has 1 heterocycles. The van der Waals surface area contributed by atoms with Gasteiger partial charge in [0.05, 0.1) is 11.0 Å². The summed E-state index contributed by atoms with van der Waals surface area (Å²) >= 11 is 0. The third-order valence-electron chi connectivity index (χ3n) is 6.61. The van der Waals surface area contributed by atoms with Crippen LogP contribution in [0.2, 0.25) is 0 Å². The number of aromatic nitrogens is 2. The van der Waals surface area contributed by atoms with E-state index in [1.165, 1.54) is 4.68 Å². The molecule has 3 aromatic carbocycles. The second kappa shape index (κ2) is 9.22. The predicted molar refractivity (Wildman–Crippen MR) is 136 cm³/mol. The standard InChI is InChI=1S/C28H25N3O5/c1-31-24(29-27(35)36-17-18-5-3-2-4-6-18)23(25(32)30-31)21-9-7-19(8-10-21)20-11-13-22(14-12-20)28(15-16-28)26(33)34/h2-14H,15-17H2,1H3,(H,29,35)(H,30,32)(H,33,34). The van der Waals surface area contributed by atoms with E-state index in [1.807, 2.05) is 78.9 Å². The van der Waals surface area contributed by atoms with E-state index in [9.17, 15) is 19.5 Å². The lowest BCUT2D eigenvalue weighted by molar-refractivity contribution is -0.140. The summed E-state index contributed by atoms with van der Waals surface area (Å²) in [6.45, 7) is 0.113. The van der Waals surface area contributed by atoms with Gasteiger partial charge in [0.15, 0.2) is 0 Å². The van der Waals surface area contributed by atoms with Crippen LogP contribution in [0, 0.1) is 0 Å². The number of aryl methyl sites for hydroxylation is 1. The first-order valence-corrected chi connectivity index (χ1v) is 11.6. The van der Waals surface area contributed by atoms with Crippen molar-refractivity contribution in [1.82, 2.24) is 9.78 Å². The molecule has 4 aromatic rings. The number of carboxylic acid groups (broad SMARTS) is 1. The van der Waals surface area contributed by atoms with Gasteiger partial charge in [-0.05, 0) is 40.7 Å². The van der Waals surface area contributed by atoms with Gasteiger partial charge in [-0.3, -0.25) is 24.7 Å². The highest BCUT2D eigenvalue weighted by molar-refractivity contribution is 5.90. The van der Waals surface area contributed by atoms with E-state index >= 15 is 0 Å². The van der Waals surface area contributed by atoms with Crippen LogP contribution in [0.5, 0.6) is 0 Å². The summed E-state index contributed by atoms with van der Waals surface area (Å²) in [5.74, 6) is -0.473. The Morgan fingerprint density at radius 1 is 0.944 bits per heavy atom. The minimum atomic E-state index is -0.777. The topological polar surface area (TPSA) is 113 Å². The molecule has 8 nitrogen and oxygen atoms in total. The van der Waals surface area contributed by atoms with Crippen molar-refractivity contribution in [3.05, 3.63) is 100 Å². The SMILES string of the molecule is Cn1[nH]c(=O)c(-c2ccc(-c3ccc(C4(C(=O)O)CC4)cc3)cc2)c1NC(=O)OCc1ccccc1. The van der Waals surface area contributed by atoms with Gasteiger partial charge in [-0.2, -0.15) is 0 Å². The zero-order valence-electron chi connectivity index (χ0n) is 19.7. The highest BCUT2D eigenvalue weighted by Gasteiger charge is 2.51. The molecule has 0 saturated heterocycles. The van der Waals surface area contributed by atoms with Crippen LogP contribution < -0.4 is 10.9 Å². The molecule has 8 heteroatoms. The van der Waals surface area contributed by atoms with Gasteiger partial charge < -0.3 is 9.84 Å². The number of carboxylic acids is 1. The number of anilines is 1. The number of aromatic amines is 1. The van der Waals surface area contributed by atoms with E-state index in [1.54, 1.807) is 7.05 Å². The Morgan fingerprint density at radius 2 is 1.53 bits per heavy atom. The Bertz CT molecular complexity index is 1460. The first-order chi connectivity index (χ1) is 17.4. The summed E-state index contributed by atoms with van der Waals surface area (Å²) in [7, 11) is 1.64. The second-order valence-electron chi connectivity index (χ2n) is 8.95. The van der Waals surface area contributed by atoms with Gasteiger partial charge in [-0.15, -0.1) is 0 Å². The summed E-state index contributed by atoms with van der Waals surface area (Å²) in [5, 5.41) is 14.9. The number of aliphatic carboxylic acids is 1. The van der Waals surface area contributed by atoms with Crippen molar-refractivity contribution in [3.8, 4) is 22.3 Å². The molecule has 1 aliphatic rings. The molecule has 0 spiro atoms. The first kappa shape index (κ1) is 23.2. The molecule has 182 valence electrons. The van der Waals surface area contributed by atoms with Gasteiger partial charge in [0, 0.05) is 7.05 Å².